The first kappa shape index (κ1) is 12.1. The lowest BCUT2D eigenvalue weighted by Crippen LogP contribution is -2.11. The molecule has 0 bridgehead atoms. The van der Waals surface area contributed by atoms with Crippen LogP contribution in [0.5, 0.6) is 0 Å². The number of benzene rings is 1. The molecule has 1 N–H and O–H groups in total. The van der Waals surface area contributed by atoms with E-state index in [0.717, 1.165) is 4.90 Å². The molecule has 2 nitrogen and oxygen atoms in total. The summed E-state index contributed by atoms with van der Waals surface area (Å²) in [4.78, 5) is 1.15. The largest absolute Gasteiger partial charge is 0.313 e. The van der Waals surface area contributed by atoms with Crippen LogP contribution in [0.1, 0.15) is 25.5 Å². The Hall–Kier alpha value is -0.980. The predicted octanol–water partition coefficient (Wildman–Crippen LogP) is 2.97. The van der Waals surface area contributed by atoms with Gasteiger partial charge < -0.3 is 5.32 Å². The zero-order valence-electron chi connectivity index (χ0n) is 9.32. The van der Waals surface area contributed by atoms with Crippen molar-refractivity contribution in [3.8, 4) is 6.07 Å². The van der Waals surface area contributed by atoms with Crippen LogP contribution < -0.4 is 5.32 Å². The van der Waals surface area contributed by atoms with Crippen LogP contribution >= 0.6 is 11.8 Å². The molecule has 2 atom stereocenters. The quantitative estimate of drug-likeness (QED) is 0.792. The molecule has 0 spiro atoms. The Morgan fingerprint density at radius 1 is 1.27 bits per heavy atom. The third-order valence-corrected chi connectivity index (χ3v) is 3.31. The number of nitriles is 1. The van der Waals surface area contributed by atoms with Gasteiger partial charge in [-0.3, -0.25) is 0 Å². The fraction of sp³-hybridized carbons (Fsp3) is 0.417. The highest BCUT2D eigenvalue weighted by atomic mass is 32.2. The summed E-state index contributed by atoms with van der Waals surface area (Å²) in [6.45, 7) is 4.04. The minimum Gasteiger partial charge on any atom is -0.313 e. The van der Waals surface area contributed by atoms with E-state index in [9.17, 15) is 0 Å². The summed E-state index contributed by atoms with van der Waals surface area (Å²) in [5.74, 6) is 0. The smallest absolute Gasteiger partial charge is 0.0935 e. The van der Waals surface area contributed by atoms with Crippen molar-refractivity contribution in [2.24, 2.45) is 0 Å². The fourth-order valence-electron chi connectivity index (χ4n) is 1.23. The Balaban J connectivity index is 2.69. The van der Waals surface area contributed by atoms with E-state index in [2.05, 4.69) is 42.6 Å². The van der Waals surface area contributed by atoms with Gasteiger partial charge in [0.1, 0.15) is 0 Å². The maximum atomic E-state index is 8.70. The zero-order chi connectivity index (χ0) is 11.3. The van der Waals surface area contributed by atoms with Gasteiger partial charge in [0, 0.05) is 10.9 Å². The number of nitrogens with zero attached hydrogens (tertiary/aromatic N) is 1. The molecule has 0 aliphatic heterocycles. The van der Waals surface area contributed by atoms with Crippen LogP contribution in [0.3, 0.4) is 0 Å². The molecule has 0 amide bonds. The number of thioether (sulfide) groups is 1. The van der Waals surface area contributed by atoms with Crippen LogP contribution in [-0.4, -0.2) is 12.3 Å². The van der Waals surface area contributed by atoms with Crippen molar-refractivity contribution in [3.63, 3.8) is 0 Å². The Kier molecular flexibility index (Phi) is 4.67. The molecule has 3 heteroatoms. The maximum Gasteiger partial charge on any atom is 0.0935 e. The lowest BCUT2D eigenvalue weighted by molar-refractivity contribution is 0.652. The second-order valence-corrected chi connectivity index (χ2v) is 4.88. The normalized spacial score (nSPS) is 14.3. The topological polar surface area (TPSA) is 35.8 Å². The Labute approximate surface area is 95.7 Å². The van der Waals surface area contributed by atoms with Crippen LogP contribution in [0, 0.1) is 11.3 Å². The van der Waals surface area contributed by atoms with Crippen molar-refractivity contribution in [2.75, 3.05) is 7.05 Å². The second-order valence-electron chi connectivity index (χ2n) is 3.47. The summed E-state index contributed by atoms with van der Waals surface area (Å²) in [5.41, 5.74) is 1.27. The first-order chi connectivity index (χ1) is 7.17. The Morgan fingerprint density at radius 2 is 1.87 bits per heavy atom. The lowest BCUT2D eigenvalue weighted by atomic mass is 10.1. The van der Waals surface area contributed by atoms with Gasteiger partial charge >= 0.3 is 0 Å². The van der Waals surface area contributed by atoms with E-state index in [1.807, 2.05) is 14.0 Å². The number of nitrogens with one attached hydrogen (secondary N) is 1. The molecule has 1 aromatic rings. The number of hydrogen-bond acceptors (Lipinski definition) is 3. The van der Waals surface area contributed by atoms with E-state index in [0.29, 0.717) is 6.04 Å². The van der Waals surface area contributed by atoms with Crippen molar-refractivity contribution >= 4 is 11.8 Å². The Morgan fingerprint density at radius 3 is 2.33 bits per heavy atom. The first-order valence-corrected chi connectivity index (χ1v) is 5.89. The third kappa shape index (κ3) is 3.58. The summed E-state index contributed by atoms with van der Waals surface area (Å²) >= 11 is 1.59. The van der Waals surface area contributed by atoms with E-state index in [-0.39, 0.29) is 5.25 Å². The van der Waals surface area contributed by atoms with Crippen LogP contribution in [0.2, 0.25) is 0 Å². The van der Waals surface area contributed by atoms with Crippen molar-refractivity contribution in [3.05, 3.63) is 29.8 Å². The molecule has 1 rings (SSSR count). The molecule has 0 aromatic heterocycles. The standard InChI is InChI=1S/C12H16N2S/c1-9(8-13)15-12-6-4-11(5-7-12)10(2)14-3/h4-7,9-10,14H,1-3H3. The predicted molar refractivity (Wildman–Crippen MR) is 64.8 cm³/mol. The molecule has 0 fully saturated rings. The van der Waals surface area contributed by atoms with Gasteiger partial charge in [-0.25, -0.2) is 0 Å². The van der Waals surface area contributed by atoms with Gasteiger partial charge in [0.05, 0.1) is 11.3 Å². The van der Waals surface area contributed by atoms with E-state index < -0.39 is 0 Å². The third-order valence-electron chi connectivity index (χ3n) is 2.31. The summed E-state index contributed by atoms with van der Waals surface area (Å²) in [6.07, 6.45) is 0. The van der Waals surface area contributed by atoms with Gasteiger partial charge in [-0.2, -0.15) is 5.26 Å². The zero-order valence-corrected chi connectivity index (χ0v) is 10.1. The monoisotopic (exact) mass is 220 g/mol. The molecule has 0 saturated carbocycles. The lowest BCUT2D eigenvalue weighted by Gasteiger charge is -2.11. The molecule has 2 unspecified atom stereocenters. The van der Waals surface area contributed by atoms with E-state index in [1.54, 1.807) is 11.8 Å². The average Bonchev–Trinajstić information content (AvgIpc) is 2.29. The highest BCUT2D eigenvalue weighted by Crippen LogP contribution is 2.24. The number of rotatable bonds is 4. The average molecular weight is 220 g/mol. The maximum absolute atomic E-state index is 8.70. The highest BCUT2D eigenvalue weighted by molar-refractivity contribution is 8.00. The van der Waals surface area contributed by atoms with Crippen LogP contribution in [-0.2, 0) is 0 Å². The van der Waals surface area contributed by atoms with Crippen molar-refractivity contribution < 1.29 is 0 Å². The van der Waals surface area contributed by atoms with Crippen LogP contribution in [0.15, 0.2) is 29.2 Å². The minimum absolute atomic E-state index is 0.0116. The van der Waals surface area contributed by atoms with Crippen molar-refractivity contribution in [1.82, 2.24) is 5.32 Å². The summed E-state index contributed by atoms with van der Waals surface area (Å²) < 4.78 is 0. The molecule has 0 saturated heterocycles. The molecule has 80 valence electrons. The molecule has 0 aliphatic rings. The van der Waals surface area contributed by atoms with Gasteiger partial charge in [0.2, 0.25) is 0 Å². The molecule has 1 aromatic carbocycles. The van der Waals surface area contributed by atoms with Crippen LogP contribution in [0.4, 0.5) is 0 Å². The minimum atomic E-state index is 0.0116. The molecular weight excluding hydrogens is 204 g/mol. The second kappa shape index (κ2) is 5.79. The van der Waals surface area contributed by atoms with E-state index in [1.165, 1.54) is 5.56 Å². The van der Waals surface area contributed by atoms with Gasteiger partial charge in [-0.05, 0) is 38.6 Å². The summed E-state index contributed by atoms with van der Waals surface area (Å²) in [5, 5.41) is 11.9. The van der Waals surface area contributed by atoms with E-state index in [4.69, 9.17) is 5.26 Å². The summed E-state index contributed by atoms with van der Waals surface area (Å²) in [6, 6.07) is 10.9. The van der Waals surface area contributed by atoms with Gasteiger partial charge in [-0.1, -0.05) is 12.1 Å². The molecule has 0 radical (unpaired) electrons. The molecule has 15 heavy (non-hydrogen) atoms. The van der Waals surface area contributed by atoms with Crippen molar-refractivity contribution in [1.29, 1.82) is 5.26 Å². The Bertz CT molecular complexity index is 340. The molecule has 0 heterocycles. The van der Waals surface area contributed by atoms with Crippen molar-refractivity contribution in [2.45, 2.75) is 30.0 Å². The molecular formula is C12H16N2S. The number of hydrogen-bond donors (Lipinski definition) is 1. The van der Waals surface area contributed by atoms with Gasteiger partial charge in [0.15, 0.2) is 0 Å². The van der Waals surface area contributed by atoms with Gasteiger partial charge in [-0.15, -0.1) is 11.8 Å². The molecule has 0 aliphatic carbocycles. The van der Waals surface area contributed by atoms with E-state index >= 15 is 0 Å². The fourth-order valence-corrected chi connectivity index (χ4v) is 1.99. The summed E-state index contributed by atoms with van der Waals surface area (Å²) in [7, 11) is 1.95. The van der Waals surface area contributed by atoms with Crippen LogP contribution in [0.25, 0.3) is 0 Å². The first-order valence-electron chi connectivity index (χ1n) is 5.01. The highest BCUT2D eigenvalue weighted by Gasteiger charge is 2.04. The van der Waals surface area contributed by atoms with Gasteiger partial charge in [0.25, 0.3) is 0 Å². The SMILES string of the molecule is CNC(C)c1ccc(SC(C)C#N)cc1.